The first kappa shape index (κ1) is 14.1. The van der Waals surface area contributed by atoms with Gasteiger partial charge >= 0.3 is 0 Å². The lowest BCUT2D eigenvalue weighted by Gasteiger charge is -2.34. The van der Waals surface area contributed by atoms with E-state index >= 15 is 0 Å². The number of amides is 1. The van der Waals surface area contributed by atoms with Crippen molar-refractivity contribution in [1.82, 2.24) is 15.1 Å². The summed E-state index contributed by atoms with van der Waals surface area (Å²) in [6, 6.07) is 5.84. The molecule has 1 aliphatic rings. The van der Waals surface area contributed by atoms with Gasteiger partial charge in [0, 0.05) is 23.5 Å². The number of H-pyrrole nitrogens is 1. The van der Waals surface area contributed by atoms with E-state index in [1.807, 2.05) is 23.1 Å². The first-order chi connectivity index (χ1) is 10.3. The number of aliphatic hydroxyl groups excluding tert-OH is 1. The molecule has 5 heteroatoms. The Morgan fingerprint density at radius 1 is 1.33 bits per heavy atom. The molecule has 0 radical (unpaired) electrons. The number of aromatic nitrogens is 2. The predicted molar refractivity (Wildman–Crippen MR) is 81.1 cm³/mol. The number of aliphatic hydroxyl groups is 1. The molecule has 0 bridgehead atoms. The SMILES string of the molecule is O=C(c1ccc2[nH]ncc2c1)N(CCO)C1CCCCC1. The Bertz CT molecular complexity index is 617. The van der Waals surface area contributed by atoms with Crippen LogP contribution in [0.25, 0.3) is 10.9 Å². The molecule has 1 amide bonds. The zero-order valence-electron chi connectivity index (χ0n) is 12.1. The van der Waals surface area contributed by atoms with Crippen molar-refractivity contribution in [2.45, 2.75) is 38.1 Å². The second kappa shape index (κ2) is 6.26. The molecule has 1 aromatic carbocycles. The molecule has 1 saturated carbocycles. The van der Waals surface area contributed by atoms with E-state index in [-0.39, 0.29) is 18.6 Å². The number of benzene rings is 1. The average molecular weight is 287 g/mol. The molecule has 0 atom stereocenters. The van der Waals surface area contributed by atoms with Crippen molar-refractivity contribution in [2.24, 2.45) is 0 Å². The molecule has 0 aliphatic heterocycles. The van der Waals surface area contributed by atoms with Gasteiger partial charge in [-0.3, -0.25) is 9.89 Å². The first-order valence-electron chi connectivity index (χ1n) is 7.64. The van der Waals surface area contributed by atoms with Crippen LogP contribution in [0, 0.1) is 0 Å². The number of nitrogens with one attached hydrogen (secondary N) is 1. The fraction of sp³-hybridized carbons (Fsp3) is 0.500. The number of carbonyl (C=O) groups is 1. The van der Waals surface area contributed by atoms with Crippen molar-refractivity contribution in [1.29, 1.82) is 0 Å². The summed E-state index contributed by atoms with van der Waals surface area (Å²) < 4.78 is 0. The lowest BCUT2D eigenvalue weighted by molar-refractivity contribution is 0.0585. The standard InChI is InChI=1S/C16H21N3O2/c20-9-8-19(14-4-2-1-3-5-14)16(21)12-6-7-15-13(10-12)11-17-18-15/h6-7,10-11,14,20H,1-5,8-9H2,(H,17,18). The maximum Gasteiger partial charge on any atom is 0.254 e. The van der Waals surface area contributed by atoms with Gasteiger partial charge in [0.25, 0.3) is 5.91 Å². The molecule has 21 heavy (non-hydrogen) atoms. The number of fused-ring (bicyclic) bond motifs is 1. The highest BCUT2D eigenvalue weighted by molar-refractivity contribution is 5.98. The molecular formula is C16H21N3O2. The zero-order chi connectivity index (χ0) is 14.7. The zero-order valence-corrected chi connectivity index (χ0v) is 12.1. The van der Waals surface area contributed by atoms with Gasteiger partial charge in [-0.1, -0.05) is 19.3 Å². The third-order valence-corrected chi connectivity index (χ3v) is 4.30. The number of carbonyl (C=O) groups excluding carboxylic acids is 1. The molecule has 1 aliphatic carbocycles. The van der Waals surface area contributed by atoms with E-state index < -0.39 is 0 Å². The average Bonchev–Trinajstić information content (AvgIpc) is 3.00. The van der Waals surface area contributed by atoms with Crippen LogP contribution in [-0.4, -0.2) is 45.3 Å². The molecule has 1 fully saturated rings. The van der Waals surface area contributed by atoms with Gasteiger partial charge in [0.1, 0.15) is 0 Å². The van der Waals surface area contributed by atoms with Crippen molar-refractivity contribution in [3.63, 3.8) is 0 Å². The van der Waals surface area contributed by atoms with Crippen LogP contribution in [0.5, 0.6) is 0 Å². The summed E-state index contributed by atoms with van der Waals surface area (Å²) in [6.07, 6.45) is 7.39. The summed E-state index contributed by atoms with van der Waals surface area (Å²) >= 11 is 0. The van der Waals surface area contributed by atoms with Gasteiger partial charge in [-0.05, 0) is 31.0 Å². The van der Waals surface area contributed by atoms with Crippen molar-refractivity contribution >= 4 is 16.8 Å². The van der Waals surface area contributed by atoms with Crippen LogP contribution in [-0.2, 0) is 0 Å². The molecule has 5 nitrogen and oxygen atoms in total. The van der Waals surface area contributed by atoms with E-state index in [0.717, 1.165) is 23.7 Å². The summed E-state index contributed by atoms with van der Waals surface area (Å²) in [6.45, 7) is 0.420. The largest absolute Gasteiger partial charge is 0.395 e. The van der Waals surface area contributed by atoms with Crippen LogP contribution in [0.4, 0.5) is 0 Å². The molecule has 2 aromatic rings. The third kappa shape index (κ3) is 2.93. The lowest BCUT2D eigenvalue weighted by atomic mass is 9.93. The topological polar surface area (TPSA) is 69.2 Å². The van der Waals surface area contributed by atoms with Gasteiger partial charge in [0.15, 0.2) is 0 Å². The van der Waals surface area contributed by atoms with Crippen LogP contribution in [0.3, 0.4) is 0 Å². The van der Waals surface area contributed by atoms with Crippen LogP contribution < -0.4 is 0 Å². The Morgan fingerprint density at radius 2 is 2.14 bits per heavy atom. The second-order valence-electron chi connectivity index (χ2n) is 5.69. The summed E-state index contributed by atoms with van der Waals surface area (Å²) in [5, 5.41) is 17.1. The highest BCUT2D eigenvalue weighted by Crippen LogP contribution is 2.24. The van der Waals surface area contributed by atoms with Crippen molar-refractivity contribution in [2.75, 3.05) is 13.2 Å². The Labute approximate surface area is 124 Å². The van der Waals surface area contributed by atoms with Gasteiger partial charge in [-0.2, -0.15) is 5.10 Å². The van der Waals surface area contributed by atoms with Crippen LogP contribution >= 0.6 is 0 Å². The molecule has 112 valence electrons. The van der Waals surface area contributed by atoms with Crippen LogP contribution in [0.15, 0.2) is 24.4 Å². The number of hydrogen-bond acceptors (Lipinski definition) is 3. The molecule has 0 saturated heterocycles. The number of aromatic amines is 1. The molecule has 0 unspecified atom stereocenters. The smallest absolute Gasteiger partial charge is 0.254 e. The highest BCUT2D eigenvalue weighted by atomic mass is 16.3. The fourth-order valence-electron chi connectivity index (χ4n) is 3.19. The van der Waals surface area contributed by atoms with E-state index in [0.29, 0.717) is 12.1 Å². The lowest BCUT2D eigenvalue weighted by Crippen LogP contribution is -2.43. The summed E-state index contributed by atoms with van der Waals surface area (Å²) in [4.78, 5) is 14.6. The van der Waals surface area contributed by atoms with Gasteiger partial charge in [0.2, 0.25) is 0 Å². The van der Waals surface area contributed by atoms with Crippen molar-refractivity contribution in [3.8, 4) is 0 Å². The molecule has 1 heterocycles. The molecule has 1 aromatic heterocycles. The van der Waals surface area contributed by atoms with E-state index in [9.17, 15) is 9.90 Å². The van der Waals surface area contributed by atoms with E-state index in [4.69, 9.17) is 0 Å². The van der Waals surface area contributed by atoms with Gasteiger partial charge in [0.05, 0.1) is 18.3 Å². The van der Waals surface area contributed by atoms with Crippen LogP contribution in [0.1, 0.15) is 42.5 Å². The summed E-state index contributed by atoms with van der Waals surface area (Å²) in [7, 11) is 0. The minimum Gasteiger partial charge on any atom is -0.395 e. The minimum absolute atomic E-state index is 0.0101. The number of nitrogens with zero attached hydrogens (tertiary/aromatic N) is 2. The maximum absolute atomic E-state index is 12.8. The first-order valence-corrected chi connectivity index (χ1v) is 7.64. The van der Waals surface area contributed by atoms with Gasteiger partial charge < -0.3 is 10.0 Å². The highest BCUT2D eigenvalue weighted by Gasteiger charge is 2.25. The van der Waals surface area contributed by atoms with Crippen LogP contribution in [0.2, 0.25) is 0 Å². The molecule has 2 N–H and O–H groups in total. The summed E-state index contributed by atoms with van der Waals surface area (Å²) in [5.41, 5.74) is 1.60. The minimum atomic E-state index is 0.0101. The van der Waals surface area contributed by atoms with E-state index in [2.05, 4.69) is 10.2 Å². The molecule has 0 spiro atoms. The molecular weight excluding hydrogens is 266 g/mol. The van der Waals surface area contributed by atoms with Gasteiger partial charge in [-0.25, -0.2) is 0 Å². The third-order valence-electron chi connectivity index (χ3n) is 4.30. The Balaban J connectivity index is 1.84. The fourth-order valence-corrected chi connectivity index (χ4v) is 3.19. The Kier molecular flexibility index (Phi) is 4.20. The maximum atomic E-state index is 12.8. The Morgan fingerprint density at radius 3 is 2.90 bits per heavy atom. The van der Waals surface area contributed by atoms with Crippen molar-refractivity contribution in [3.05, 3.63) is 30.0 Å². The Hall–Kier alpha value is -1.88. The number of hydrogen-bond donors (Lipinski definition) is 2. The monoisotopic (exact) mass is 287 g/mol. The normalized spacial score (nSPS) is 16.2. The summed E-state index contributed by atoms with van der Waals surface area (Å²) in [5.74, 6) is 0.0130. The predicted octanol–water partition coefficient (Wildman–Crippen LogP) is 2.33. The number of rotatable bonds is 4. The molecule has 3 rings (SSSR count). The quantitative estimate of drug-likeness (QED) is 0.906. The van der Waals surface area contributed by atoms with E-state index in [1.165, 1.54) is 19.3 Å². The van der Waals surface area contributed by atoms with E-state index in [1.54, 1.807) is 6.20 Å². The van der Waals surface area contributed by atoms with Gasteiger partial charge in [-0.15, -0.1) is 0 Å². The second-order valence-corrected chi connectivity index (χ2v) is 5.69. The van der Waals surface area contributed by atoms with Crippen molar-refractivity contribution < 1.29 is 9.90 Å².